The highest BCUT2D eigenvalue weighted by molar-refractivity contribution is 5.51. The van der Waals surface area contributed by atoms with E-state index in [0.717, 1.165) is 31.5 Å². The average Bonchev–Trinajstić information content (AvgIpc) is 2.35. The van der Waals surface area contributed by atoms with Crippen LogP contribution >= 0.6 is 0 Å². The third kappa shape index (κ3) is 2.71. The molecule has 90 valence electrons. The molecule has 1 aliphatic rings. The minimum Gasteiger partial charge on any atom is -0.376 e. The largest absolute Gasteiger partial charge is 0.376 e. The van der Waals surface area contributed by atoms with Gasteiger partial charge in [0.2, 0.25) is 0 Å². The molecule has 0 spiro atoms. The fourth-order valence-corrected chi connectivity index (χ4v) is 1.95. The van der Waals surface area contributed by atoms with Crippen molar-refractivity contribution in [3.8, 4) is 6.07 Å². The standard InChI is InChI=1S/C12H13F2N3/c13-10-4-8(6-15)5-11(14)12(10)17-9-2-1-3-16-7-9/h4-5,9,16-17H,1-3,7H2. The molecule has 0 aromatic heterocycles. The Labute approximate surface area is 98.4 Å². The van der Waals surface area contributed by atoms with Gasteiger partial charge in [-0.3, -0.25) is 0 Å². The number of rotatable bonds is 2. The first-order chi connectivity index (χ1) is 8.20. The molecule has 1 aromatic carbocycles. The summed E-state index contributed by atoms with van der Waals surface area (Å²) in [5, 5.41) is 14.6. The molecular formula is C12H13F2N3. The molecule has 0 aliphatic carbocycles. The highest BCUT2D eigenvalue weighted by Crippen LogP contribution is 2.22. The van der Waals surface area contributed by atoms with Gasteiger partial charge in [0.05, 0.1) is 11.6 Å². The van der Waals surface area contributed by atoms with Gasteiger partial charge < -0.3 is 10.6 Å². The van der Waals surface area contributed by atoms with Gasteiger partial charge in [0.1, 0.15) is 5.69 Å². The second-order valence-corrected chi connectivity index (χ2v) is 4.11. The van der Waals surface area contributed by atoms with Crippen LogP contribution in [0.1, 0.15) is 18.4 Å². The van der Waals surface area contributed by atoms with E-state index in [1.807, 2.05) is 0 Å². The molecule has 17 heavy (non-hydrogen) atoms. The lowest BCUT2D eigenvalue weighted by Gasteiger charge is -2.25. The molecule has 0 amide bonds. The monoisotopic (exact) mass is 237 g/mol. The van der Waals surface area contributed by atoms with Gasteiger partial charge in [0.25, 0.3) is 0 Å². The van der Waals surface area contributed by atoms with E-state index in [2.05, 4.69) is 10.6 Å². The molecule has 1 heterocycles. The number of nitriles is 1. The predicted octanol–water partition coefficient (Wildman–Crippen LogP) is 2.00. The fraction of sp³-hybridized carbons (Fsp3) is 0.417. The van der Waals surface area contributed by atoms with Crippen LogP contribution in [-0.4, -0.2) is 19.1 Å². The molecule has 0 saturated carbocycles. The molecule has 3 nitrogen and oxygen atoms in total. The number of halogens is 2. The smallest absolute Gasteiger partial charge is 0.150 e. The van der Waals surface area contributed by atoms with E-state index < -0.39 is 11.6 Å². The number of hydrogen-bond donors (Lipinski definition) is 2. The molecule has 1 unspecified atom stereocenters. The van der Waals surface area contributed by atoms with Crippen LogP contribution in [0.3, 0.4) is 0 Å². The van der Waals surface area contributed by atoms with Crippen LogP contribution in [0.15, 0.2) is 12.1 Å². The van der Waals surface area contributed by atoms with Gasteiger partial charge in [-0.2, -0.15) is 5.26 Å². The second-order valence-electron chi connectivity index (χ2n) is 4.11. The van der Waals surface area contributed by atoms with Crippen LogP contribution in [0.2, 0.25) is 0 Å². The molecule has 1 saturated heterocycles. The second kappa shape index (κ2) is 5.11. The van der Waals surface area contributed by atoms with Crippen LogP contribution in [-0.2, 0) is 0 Å². The maximum Gasteiger partial charge on any atom is 0.150 e. The Bertz CT molecular complexity index is 425. The summed E-state index contributed by atoms with van der Waals surface area (Å²) in [6.45, 7) is 1.63. The van der Waals surface area contributed by atoms with E-state index >= 15 is 0 Å². The number of anilines is 1. The molecule has 1 fully saturated rings. The highest BCUT2D eigenvalue weighted by atomic mass is 19.1. The van der Waals surface area contributed by atoms with Crippen LogP contribution in [0.5, 0.6) is 0 Å². The van der Waals surface area contributed by atoms with Crippen molar-refractivity contribution in [1.29, 1.82) is 5.26 Å². The molecule has 0 radical (unpaired) electrons. The molecule has 2 N–H and O–H groups in total. The van der Waals surface area contributed by atoms with Gasteiger partial charge >= 0.3 is 0 Å². The minimum absolute atomic E-state index is 0.00711. The summed E-state index contributed by atoms with van der Waals surface area (Å²) >= 11 is 0. The normalized spacial score (nSPS) is 19.7. The van der Waals surface area contributed by atoms with E-state index in [1.54, 1.807) is 6.07 Å². The van der Waals surface area contributed by atoms with Crippen LogP contribution < -0.4 is 10.6 Å². The number of piperidine rings is 1. The zero-order valence-corrected chi connectivity index (χ0v) is 9.26. The molecule has 1 aromatic rings. The van der Waals surface area contributed by atoms with E-state index in [-0.39, 0.29) is 17.3 Å². The van der Waals surface area contributed by atoms with E-state index in [1.165, 1.54) is 0 Å². The number of benzene rings is 1. The van der Waals surface area contributed by atoms with E-state index in [9.17, 15) is 8.78 Å². The molecule has 2 rings (SSSR count). The summed E-state index contributed by atoms with van der Waals surface area (Å²) in [5.41, 5.74) is -0.148. The summed E-state index contributed by atoms with van der Waals surface area (Å²) in [6, 6.07) is 3.83. The predicted molar refractivity (Wildman–Crippen MR) is 60.6 cm³/mol. The Morgan fingerprint density at radius 2 is 2.06 bits per heavy atom. The van der Waals surface area contributed by atoms with E-state index in [0.29, 0.717) is 6.54 Å². The van der Waals surface area contributed by atoms with Crippen LogP contribution in [0.4, 0.5) is 14.5 Å². The van der Waals surface area contributed by atoms with Crippen molar-refractivity contribution < 1.29 is 8.78 Å². The SMILES string of the molecule is N#Cc1cc(F)c(NC2CCCNC2)c(F)c1. The Morgan fingerprint density at radius 3 is 2.59 bits per heavy atom. The minimum atomic E-state index is -0.716. The van der Waals surface area contributed by atoms with Crippen molar-refractivity contribution in [1.82, 2.24) is 5.32 Å². The number of hydrogen-bond acceptors (Lipinski definition) is 3. The lowest BCUT2D eigenvalue weighted by Crippen LogP contribution is -2.38. The maximum atomic E-state index is 13.6. The lowest BCUT2D eigenvalue weighted by atomic mass is 10.1. The van der Waals surface area contributed by atoms with Crippen molar-refractivity contribution >= 4 is 5.69 Å². The fourth-order valence-electron chi connectivity index (χ4n) is 1.95. The van der Waals surface area contributed by atoms with Gasteiger partial charge in [-0.1, -0.05) is 0 Å². The van der Waals surface area contributed by atoms with Crippen molar-refractivity contribution in [2.45, 2.75) is 18.9 Å². The first-order valence-corrected chi connectivity index (χ1v) is 5.57. The Morgan fingerprint density at radius 1 is 1.35 bits per heavy atom. The zero-order chi connectivity index (χ0) is 12.3. The van der Waals surface area contributed by atoms with Gasteiger partial charge in [0, 0.05) is 12.6 Å². The summed E-state index contributed by atoms with van der Waals surface area (Å²) in [6.07, 6.45) is 1.86. The molecule has 1 aliphatic heterocycles. The van der Waals surface area contributed by atoms with Gasteiger partial charge in [0.15, 0.2) is 11.6 Å². The summed E-state index contributed by atoms with van der Waals surface area (Å²) in [5.74, 6) is -1.43. The highest BCUT2D eigenvalue weighted by Gasteiger charge is 2.17. The lowest BCUT2D eigenvalue weighted by molar-refractivity contribution is 0.474. The van der Waals surface area contributed by atoms with Gasteiger partial charge in [-0.15, -0.1) is 0 Å². The van der Waals surface area contributed by atoms with Crippen LogP contribution in [0.25, 0.3) is 0 Å². The molecule has 1 atom stereocenters. The van der Waals surface area contributed by atoms with Crippen LogP contribution in [0, 0.1) is 23.0 Å². The molecule has 0 bridgehead atoms. The Kier molecular flexibility index (Phi) is 3.55. The van der Waals surface area contributed by atoms with Gasteiger partial charge in [-0.25, -0.2) is 8.78 Å². The maximum absolute atomic E-state index is 13.6. The summed E-state index contributed by atoms with van der Waals surface area (Å²) in [7, 11) is 0. The quantitative estimate of drug-likeness (QED) is 0.827. The first kappa shape index (κ1) is 11.8. The number of nitrogens with zero attached hydrogens (tertiary/aromatic N) is 1. The Balaban J connectivity index is 2.18. The molecular weight excluding hydrogens is 224 g/mol. The van der Waals surface area contributed by atoms with Gasteiger partial charge in [-0.05, 0) is 31.5 Å². The first-order valence-electron chi connectivity index (χ1n) is 5.57. The number of nitrogens with one attached hydrogen (secondary N) is 2. The zero-order valence-electron chi connectivity index (χ0n) is 9.26. The van der Waals surface area contributed by atoms with Crippen molar-refractivity contribution in [2.24, 2.45) is 0 Å². The van der Waals surface area contributed by atoms with E-state index in [4.69, 9.17) is 5.26 Å². The van der Waals surface area contributed by atoms with Crippen molar-refractivity contribution in [2.75, 3.05) is 18.4 Å². The molecule has 5 heteroatoms. The third-order valence-electron chi connectivity index (χ3n) is 2.82. The summed E-state index contributed by atoms with van der Waals surface area (Å²) in [4.78, 5) is 0. The average molecular weight is 237 g/mol. The summed E-state index contributed by atoms with van der Waals surface area (Å²) < 4.78 is 27.2. The topological polar surface area (TPSA) is 47.9 Å². The third-order valence-corrected chi connectivity index (χ3v) is 2.82. The Hall–Kier alpha value is -1.67. The van der Waals surface area contributed by atoms with Crippen molar-refractivity contribution in [3.63, 3.8) is 0 Å². The van der Waals surface area contributed by atoms with Crippen molar-refractivity contribution in [3.05, 3.63) is 29.3 Å².